The minimum absolute atomic E-state index is 0.0358. The third-order valence-electron chi connectivity index (χ3n) is 4.53. The molecule has 2 aliphatic carbocycles. The number of benzene rings is 1. The Hall–Kier alpha value is -1.15. The van der Waals surface area contributed by atoms with Crippen molar-refractivity contribution < 1.29 is 9.90 Å². The second-order valence-corrected chi connectivity index (χ2v) is 5.33. The average Bonchev–Trinajstić information content (AvgIpc) is 2.34. The Morgan fingerprint density at radius 3 is 2.94 bits per heavy atom. The molecular formula is C15H18O2. The van der Waals surface area contributed by atoms with Gasteiger partial charge in [-0.05, 0) is 42.7 Å². The normalized spacial score (nSPS) is 35.5. The van der Waals surface area contributed by atoms with Gasteiger partial charge in [0.15, 0.2) is 5.78 Å². The fourth-order valence-corrected chi connectivity index (χ4v) is 3.71. The fraction of sp³-hybridized carbons (Fsp3) is 0.533. The van der Waals surface area contributed by atoms with Gasteiger partial charge in [-0.15, -0.1) is 0 Å². The summed E-state index contributed by atoms with van der Waals surface area (Å²) in [6.07, 6.45) is 3.46. The van der Waals surface area contributed by atoms with Gasteiger partial charge in [-0.2, -0.15) is 0 Å². The van der Waals surface area contributed by atoms with Crippen LogP contribution in [0.15, 0.2) is 24.3 Å². The predicted octanol–water partition coefficient (Wildman–Crippen LogP) is 2.75. The van der Waals surface area contributed by atoms with E-state index >= 15 is 0 Å². The number of aliphatic hydroxyl groups is 1. The van der Waals surface area contributed by atoms with E-state index in [2.05, 4.69) is 13.0 Å². The topological polar surface area (TPSA) is 37.3 Å². The highest BCUT2D eigenvalue weighted by Crippen LogP contribution is 2.50. The number of hydrogen-bond acceptors (Lipinski definition) is 2. The van der Waals surface area contributed by atoms with Crippen molar-refractivity contribution in [2.45, 2.75) is 44.1 Å². The molecule has 0 aromatic heterocycles. The molecule has 2 heteroatoms. The third-order valence-corrected chi connectivity index (χ3v) is 4.53. The van der Waals surface area contributed by atoms with Gasteiger partial charge < -0.3 is 5.11 Å². The molecule has 0 spiro atoms. The van der Waals surface area contributed by atoms with Gasteiger partial charge in [0, 0.05) is 5.92 Å². The molecule has 3 rings (SSSR count). The van der Waals surface area contributed by atoms with Crippen molar-refractivity contribution in [2.24, 2.45) is 5.92 Å². The minimum atomic E-state index is -1.19. The number of hydrogen-bond donors (Lipinski definition) is 1. The van der Waals surface area contributed by atoms with Gasteiger partial charge in [-0.25, -0.2) is 0 Å². The maximum Gasteiger partial charge on any atom is 0.172 e. The van der Waals surface area contributed by atoms with E-state index in [-0.39, 0.29) is 11.7 Å². The SMILES string of the molecule is CC[C@H]1c2ccccc2[C@]2(O)CCC[C@H]1C2=O. The Kier molecular flexibility index (Phi) is 2.37. The van der Waals surface area contributed by atoms with Crippen molar-refractivity contribution in [1.29, 1.82) is 0 Å². The van der Waals surface area contributed by atoms with Crippen molar-refractivity contribution in [2.75, 3.05) is 0 Å². The summed E-state index contributed by atoms with van der Waals surface area (Å²) in [5, 5.41) is 10.7. The van der Waals surface area contributed by atoms with E-state index in [0.29, 0.717) is 12.3 Å². The summed E-state index contributed by atoms with van der Waals surface area (Å²) < 4.78 is 0. The summed E-state index contributed by atoms with van der Waals surface area (Å²) in [6, 6.07) is 7.94. The van der Waals surface area contributed by atoms with Crippen LogP contribution in [-0.2, 0) is 10.4 Å². The first kappa shape index (κ1) is 11.0. The molecule has 0 saturated heterocycles. The quantitative estimate of drug-likeness (QED) is 0.805. The highest BCUT2D eigenvalue weighted by molar-refractivity contribution is 5.94. The third kappa shape index (κ3) is 1.34. The number of Topliss-reactive ketones (excluding diaryl/α,β-unsaturated/α-hetero) is 1. The standard InChI is InChI=1S/C15H18O2/c1-2-10-11-6-3-4-8-13(11)15(17)9-5-7-12(10)14(15)16/h3-4,6,8,10,12,17H,2,5,7,9H2,1H3/t10-,12+,15+/m0/s1. The molecule has 0 unspecified atom stereocenters. The minimum Gasteiger partial charge on any atom is -0.377 e. The second-order valence-electron chi connectivity index (χ2n) is 5.33. The molecule has 0 amide bonds. The highest BCUT2D eigenvalue weighted by atomic mass is 16.3. The van der Waals surface area contributed by atoms with Gasteiger partial charge in [0.05, 0.1) is 0 Å². The molecule has 1 aromatic carbocycles. The number of carbonyl (C=O) groups is 1. The lowest BCUT2D eigenvalue weighted by Crippen LogP contribution is -2.49. The summed E-state index contributed by atoms with van der Waals surface area (Å²) in [4.78, 5) is 12.4. The van der Waals surface area contributed by atoms with Gasteiger partial charge in [0.25, 0.3) is 0 Å². The Morgan fingerprint density at radius 1 is 1.41 bits per heavy atom. The van der Waals surface area contributed by atoms with Crippen LogP contribution in [0.4, 0.5) is 0 Å². The molecule has 17 heavy (non-hydrogen) atoms. The van der Waals surface area contributed by atoms with Crippen LogP contribution in [0, 0.1) is 5.92 Å². The molecule has 0 heterocycles. The second kappa shape index (κ2) is 3.67. The van der Waals surface area contributed by atoms with Gasteiger partial charge in [0.2, 0.25) is 0 Å². The van der Waals surface area contributed by atoms with Crippen molar-refractivity contribution in [3.05, 3.63) is 35.4 Å². The van der Waals surface area contributed by atoms with Crippen LogP contribution in [0.5, 0.6) is 0 Å². The van der Waals surface area contributed by atoms with Crippen molar-refractivity contribution in [3.63, 3.8) is 0 Å². The van der Waals surface area contributed by atoms with E-state index in [1.54, 1.807) is 0 Å². The van der Waals surface area contributed by atoms with Gasteiger partial charge in [0.1, 0.15) is 5.60 Å². The van der Waals surface area contributed by atoms with Crippen LogP contribution in [0.1, 0.15) is 49.7 Å². The zero-order valence-electron chi connectivity index (χ0n) is 10.1. The van der Waals surface area contributed by atoms with Crippen LogP contribution < -0.4 is 0 Å². The lowest BCUT2D eigenvalue weighted by atomic mass is 9.60. The number of carbonyl (C=O) groups excluding carboxylic acids is 1. The van der Waals surface area contributed by atoms with Crippen LogP contribution in [-0.4, -0.2) is 10.9 Å². The molecule has 1 N–H and O–H groups in total. The monoisotopic (exact) mass is 230 g/mol. The molecule has 0 radical (unpaired) electrons. The molecule has 1 aromatic rings. The first-order valence-electron chi connectivity index (χ1n) is 6.54. The fourth-order valence-electron chi connectivity index (χ4n) is 3.71. The number of ketones is 1. The number of fused-ring (bicyclic) bond motifs is 4. The zero-order valence-corrected chi connectivity index (χ0v) is 10.1. The Bertz CT molecular complexity index is 466. The van der Waals surface area contributed by atoms with Crippen molar-refractivity contribution in [3.8, 4) is 0 Å². The average molecular weight is 230 g/mol. The summed E-state index contributed by atoms with van der Waals surface area (Å²) in [6.45, 7) is 2.13. The van der Waals surface area contributed by atoms with Crippen LogP contribution in [0.3, 0.4) is 0 Å². The van der Waals surface area contributed by atoms with Crippen molar-refractivity contribution in [1.82, 2.24) is 0 Å². The molecule has 90 valence electrons. The van der Waals surface area contributed by atoms with Crippen LogP contribution >= 0.6 is 0 Å². The lowest BCUT2D eigenvalue weighted by molar-refractivity contribution is -0.150. The van der Waals surface area contributed by atoms with E-state index in [0.717, 1.165) is 24.8 Å². The highest BCUT2D eigenvalue weighted by Gasteiger charge is 2.52. The molecule has 0 aliphatic heterocycles. The van der Waals surface area contributed by atoms with Crippen molar-refractivity contribution >= 4 is 5.78 Å². The predicted molar refractivity (Wildman–Crippen MR) is 65.7 cm³/mol. The molecule has 1 saturated carbocycles. The first-order valence-corrected chi connectivity index (χ1v) is 6.54. The number of rotatable bonds is 1. The Labute approximate surface area is 102 Å². The summed E-state index contributed by atoms with van der Waals surface area (Å²) >= 11 is 0. The molecule has 1 fully saturated rings. The largest absolute Gasteiger partial charge is 0.377 e. The Morgan fingerprint density at radius 2 is 2.18 bits per heavy atom. The Balaban J connectivity index is 2.23. The van der Waals surface area contributed by atoms with E-state index in [4.69, 9.17) is 0 Å². The maximum absolute atomic E-state index is 12.4. The van der Waals surface area contributed by atoms with E-state index in [9.17, 15) is 9.90 Å². The van der Waals surface area contributed by atoms with Crippen LogP contribution in [0.2, 0.25) is 0 Å². The molecule has 2 bridgehead atoms. The molecule has 2 nitrogen and oxygen atoms in total. The van der Waals surface area contributed by atoms with E-state index in [1.807, 2.05) is 18.2 Å². The molecular weight excluding hydrogens is 212 g/mol. The first-order chi connectivity index (χ1) is 8.18. The van der Waals surface area contributed by atoms with Gasteiger partial charge in [-0.1, -0.05) is 31.2 Å². The molecule has 3 atom stereocenters. The zero-order chi connectivity index (χ0) is 12.0. The summed E-state index contributed by atoms with van der Waals surface area (Å²) in [5.74, 6) is 0.405. The van der Waals surface area contributed by atoms with Gasteiger partial charge in [-0.3, -0.25) is 4.79 Å². The summed E-state index contributed by atoms with van der Waals surface area (Å²) in [5.41, 5.74) is 0.875. The van der Waals surface area contributed by atoms with Gasteiger partial charge >= 0.3 is 0 Å². The van der Waals surface area contributed by atoms with E-state index < -0.39 is 5.60 Å². The van der Waals surface area contributed by atoms with E-state index in [1.165, 1.54) is 5.56 Å². The van der Waals surface area contributed by atoms with Crippen LogP contribution in [0.25, 0.3) is 0 Å². The summed E-state index contributed by atoms with van der Waals surface area (Å²) in [7, 11) is 0. The lowest BCUT2D eigenvalue weighted by Gasteiger charge is -2.45. The maximum atomic E-state index is 12.4. The molecule has 2 aliphatic rings. The smallest absolute Gasteiger partial charge is 0.172 e.